The van der Waals surface area contributed by atoms with Crippen LogP contribution in [0, 0.1) is 12.8 Å². The fourth-order valence-corrected chi connectivity index (χ4v) is 5.84. The lowest BCUT2D eigenvalue weighted by atomic mass is 10.0. The lowest BCUT2D eigenvalue weighted by Gasteiger charge is -2.37. The van der Waals surface area contributed by atoms with E-state index < -0.39 is 22.2 Å². The Morgan fingerprint density at radius 1 is 1.21 bits per heavy atom. The van der Waals surface area contributed by atoms with Crippen LogP contribution in [-0.4, -0.2) is 67.5 Å². The molecule has 2 aromatic rings. The monoisotopic (exact) mass is 474 g/mol. The summed E-state index contributed by atoms with van der Waals surface area (Å²) >= 11 is 0. The van der Waals surface area contributed by atoms with Crippen LogP contribution in [0.5, 0.6) is 5.75 Å². The highest BCUT2D eigenvalue weighted by Crippen LogP contribution is 2.36. The zero-order valence-electron chi connectivity index (χ0n) is 20.0. The van der Waals surface area contributed by atoms with Crippen molar-refractivity contribution in [2.75, 3.05) is 26.7 Å². The van der Waals surface area contributed by atoms with E-state index in [0.29, 0.717) is 13.0 Å². The zero-order chi connectivity index (χ0) is 24.3. The quantitative estimate of drug-likeness (QED) is 0.694. The number of sulfonamides is 1. The average molecular weight is 475 g/mol. The molecule has 8 heteroatoms. The number of ether oxygens (including phenoxy) is 1. The maximum Gasteiger partial charge on any atom is 0.247 e. The van der Waals surface area contributed by atoms with Crippen molar-refractivity contribution in [1.29, 1.82) is 0 Å². The SMILES string of the molecule is CCC(=O)N(C)C[C@@H]1Oc2cc(-c3ccc(C)cc3)ccc2S(=O)(=O)N([C@H](C)CO)C[C@H]1C. The molecule has 0 aliphatic carbocycles. The van der Waals surface area contributed by atoms with Crippen LogP contribution in [0.25, 0.3) is 11.1 Å². The minimum absolute atomic E-state index is 0.00491. The summed E-state index contributed by atoms with van der Waals surface area (Å²) < 4.78 is 34.8. The van der Waals surface area contributed by atoms with Crippen LogP contribution < -0.4 is 4.74 Å². The molecule has 0 spiro atoms. The molecule has 1 aliphatic rings. The van der Waals surface area contributed by atoms with Gasteiger partial charge in [0.1, 0.15) is 16.7 Å². The van der Waals surface area contributed by atoms with E-state index in [0.717, 1.165) is 16.7 Å². The number of aryl methyl sites for hydroxylation is 1. The van der Waals surface area contributed by atoms with E-state index in [-0.39, 0.29) is 35.6 Å². The molecule has 1 aliphatic heterocycles. The number of aliphatic hydroxyl groups is 1. The molecule has 0 fully saturated rings. The normalized spacial score (nSPS) is 21.3. The van der Waals surface area contributed by atoms with E-state index >= 15 is 0 Å². The second-order valence-electron chi connectivity index (χ2n) is 8.90. The Hall–Kier alpha value is -2.42. The molecule has 0 radical (unpaired) electrons. The Morgan fingerprint density at radius 2 is 1.85 bits per heavy atom. The van der Waals surface area contributed by atoms with Gasteiger partial charge >= 0.3 is 0 Å². The molecule has 2 aromatic carbocycles. The average Bonchev–Trinajstić information content (AvgIpc) is 2.80. The number of amides is 1. The molecule has 1 heterocycles. The van der Waals surface area contributed by atoms with Gasteiger partial charge < -0.3 is 14.7 Å². The van der Waals surface area contributed by atoms with E-state index in [4.69, 9.17) is 4.74 Å². The number of rotatable bonds is 6. The van der Waals surface area contributed by atoms with Gasteiger partial charge in [0.25, 0.3) is 0 Å². The second kappa shape index (κ2) is 10.2. The summed E-state index contributed by atoms with van der Waals surface area (Å²) in [6.07, 6.45) is -0.0326. The number of carbonyl (C=O) groups is 1. The molecule has 0 saturated carbocycles. The number of hydrogen-bond donors (Lipinski definition) is 1. The van der Waals surface area contributed by atoms with Crippen LogP contribution in [0.3, 0.4) is 0 Å². The van der Waals surface area contributed by atoms with Crippen LogP contribution in [0.1, 0.15) is 32.8 Å². The summed E-state index contributed by atoms with van der Waals surface area (Å²) in [6.45, 7) is 7.65. The van der Waals surface area contributed by atoms with Gasteiger partial charge in [0.05, 0.1) is 13.2 Å². The fourth-order valence-electron chi connectivity index (χ4n) is 4.01. The van der Waals surface area contributed by atoms with Gasteiger partial charge in [-0.1, -0.05) is 49.7 Å². The van der Waals surface area contributed by atoms with Crippen molar-refractivity contribution in [3.05, 3.63) is 48.0 Å². The van der Waals surface area contributed by atoms with Crippen molar-refractivity contribution >= 4 is 15.9 Å². The van der Waals surface area contributed by atoms with Gasteiger partial charge in [-0.05, 0) is 37.1 Å². The molecule has 3 rings (SSSR count). The van der Waals surface area contributed by atoms with Gasteiger partial charge in [0.2, 0.25) is 15.9 Å². The van der Waals surface area contributed by atoms with Gasteiger partial charge in [-0.3, -0.25) is 4.79 Å². The fraction of sp³-hybridized carbons (Fsp3) is 0.480. The first kappa shape index (κ1) is 25.2. The first-order chi connectivity index (χ1) is 15.6. The first-order valence-corrected chi connectivity index (χ1v) is 12.8. The van der Waals surface area contributed by atoms with Crippen LogP contribution in [-0.2, 0) is 14.8 Å². The third kappa shape index (κ3) is 5.39. The van der Waals surface area contributed by atoms with E-state index in [1.807, 2.05) is 45.0 Å². The summed E-state index contributed by atoms with van der Waals surface area (Å²) in [6, 6.07) is 12.5. The molecular weight excluding hydrogens is 440 g/mol. The number of aliphatic hydroxyl groups excluding tert-OH is 1. The van der Waals surface area contributed by atoms with Crippen LogP contribution >= 0.6 is 0 Å². The number of benzene rings is 2. The van der Waals surface area contributed by atoms with Gasteiger partial charge in [-0.15, -0.1) is 0 Å². The maximum absolute atomic E-state index is 13.6. The smallest absolute Gasteiger partial charge is 0.247 e. The molecule has 3 atom stereocenters. The molecular formula is C25H34N2O5S. The summed E-state index contributed by atoms with van der Waals surface area (Å²) in [4.78, 5) is 13.9. The topological polar surface area (TPSA) is 87.2 Å². The predicted octanol–water partition coefficient (Wildman–Crippen LogP) is 3.30. The van der Waals surface area contributed by atoms with Gasteiger partial charge in [0, 0.05) is 32.0 Å². The van der Waals surface area contributed by atoms with E-state index in [9.17, 15) is 18.3 Å². The Bertz CT molecular complexity index is 1080. The summed E-state index contributed by atoms with van der Waals surface area (Å²) in [5, 5.41) is 9.76. The summed E-state index contributed by atoms with van der Waals surface area (Å²) in [5.41, 5.74) is 2.93. The Kier molecular flexibility index (Phi) is 7.82. The van der Waals surface area contributed by atoms with Crippen molar-refractivity contribution in [3.63, 3.8) is 0 Å². The van der Waals surface area contributed by atoms with Gasteiger partial charge in [0.15, 0.2) is 0 Å². The first-order valence-electron chi connectivity index (χ1n) is 11.3. The van der Waals surface area contributed by atoms with Crippen LogP contribution in [0.4, 0.5) is 0 Å². The highest BCUT2D eigenvalue weighted by molar-refractivity contribution is 7.89. The third-order valence-electron chi connectivity index (χ3n) is 6.23. The molecule has 1 N–H and O–H groups in total. The predicted molar refractivity (Wildman–Crippen MR) is 129 cm³/mol. The van der Waals surface area contributed by atoms with Gasteiger partial charge in [-0.25, -0.2) is 8.42 Å². The number of carbonyl (C=O) groups excluding carboxylic acids is 1. The standard InChI is InChI=1S/C25H34N2O5S/c1-6-25(29)26(5)15-23-18(3)14-27(19(4)16-28)33(30,31)24-12-11-21(13-22(24)32-23)20-9-7-17(2)8-10-20/h7-13,18-19,23,28H,6,14-16H2,1-5H3/t18-,19-,23+/m1/s1. The maximum atomic E-state index is 13.6. The van der Waals surface area contributed by atoms with E-state index in [2.05, 4.69) is 0 Å². The lowest BCUT2D eigenvalue weighted by Crippen LogP contribution is -2.50. The highest BCUT2D eigenvalue weighted by atomic mass is 32.2. The van der Waals surface area contributed by atoms with Crippen LogP contribution in [0.2, 0.25) is 0 Å². The van der Waals surface area contributed by atoms with Crippen molar-refractivity contribution in [2.24, 2.45) is 5.92 Å². The van der Waals surface area contributed by atoms with Crippen molar-refractivity contribution in [2.45, 2.75) is 51.2 Å². The van der Waals surface area contributed by atoms with Crippen molar-refractivity contribution in [3.8, 4) is 16.9 Å². The second-order valence-corrected chi connectivity index (χ2v) is 10.8. The Labute approximate surface area is 197 Å². The molecule has 0 saturated heterocycles. The van der Waals surface area contributed by atoms with E-state index in [1.54, 1.807) is 37.1 Å². The Morgan fingerprint density at radius 3 is 2.45 bits per heavy atom. The summed E-state index contributed by atoms with van der Waals surface area (Å²) in [7, 11) is -2.17. The Balaban J connectivity index is 2.11. The summed E-state index contributed by atoms with van der Waals surface area (Å²) in [5.74, 6) is 0.0452. The number of hydrogen-bond acceptors (Lipinski definition) is 5. The molecule has 0 aromatic heterocycles. The number of fused-ring (bicyclic) bond motifs is 1. The zero-order valence-corrected chi connectivity index (χ0v) is 20.8. The molecule has 7 nitrogen and oxygen atoms in total. The largest absolute Gasteiger partial charge is 0.487 e. The number of nitrogens with zero attached hydrogens (tertiary/aromatic N) is 2. The third-order valence-corrected chi connectivity index (χ3v) is 8.25. The van der Waals surface area contributed by atoms with Crippen LogP contribution in [0.15, 0.2) is 47.4 Å². The van der Waals surface area contributed by atoms with Crippen molar-refractivity contribution < 1.29 is 23.1 Å². The number of likely N-dealkylation sites (N-methyl/N-ethyl adjacent to an activating group) is 1. The molecule has 0 unspecified atom stereocenters. The molecule has 1 amide bonds. The van der Waals surface area contributed by atoms with E-state index in [1.165, 1.54) is 4.31 Å². The molecule has 180 valence electrons. The molecule has 0 bridgehead atoms. The minimum Gasteiger partial charge on any atom is -0.487 e. The highest BCUT2D eigenvalue weighted by Gasteiger charge is 2.38. The van der Waals surface area contributed by atoms with Gasteiger partial charge in [-0.2, -0.15) is 4.31 Å². The lowest BCUT2D eigenvalue weighted by molar-refractivity contribution is -0.131. The molecule has 33 heavy (non-hydrogen) atoms. The minimum atomic E-state index is -3.90. The van der Waals surface area contributed by atoms with Crippen molar-refractivity contribution in [1.82, 2.24) is 9.21 Å².